The molecule has 2 fully saturated rings. The number of ether oxygens (including phenoxy) is 1. The van der Waals surface area contributed by atoms with Crippen molar-refractivity contribution in [3.8, 4) is 0 Å². The van der Waals surface area contributed by atoms with Gasteiger partial charge >= 0.3 is 0 Å². The van der Waals surface area contributed by atoms with E-state index in [0.717, 1.165) is 37.9 Å². The van der Waals surface area contributed by atoms with Crippen molar-refractivity contribution in [1.29, 1.82) is 0 Å². The number of amides is 1. The maximum absolute atomic E-state index is 12.4. The second-order valence-electron chi connectivity index (χ2n) is 6.39. The lowest BCUT2D eigenvalue weighted by Crippen LogP contribution is -2.50. The molecule has 0 aromatic carbocycles. The molecule has 4 rings (SSSR count). The molecule has 9 nitrogen and oxygen atoms in total. The zero-order valence-electron chi connectivity index (χ0n) is 14.7. The van der Waals surface area contributed by atoms with Gasteiger partial charge in [-0.3, -0.25) is 9.48 Å². The molecule has 0 radical (unpaired) electrons. The molecular formula is C17H23N7O2. The first kappa shape index (κ1) is 16.8. The minimum Gasteiger partial charge on any atom is -0.378 e. The van der Waals surface area contributed by atoms with Crippen molar-refractivity contribution < 1.29 is 9.53 Å². The summed E-state index contributed by atoms with van der Waals surface area (Å²) in [6, 6.07) is 3.76. The number of anilines is 2. The summed E-state index contributed by atoms with van der Waals surface area (Å²) >= 11 is 0. The molecule has 2 aliphatic heterocycles. The molecule has 0 aliphatic carbocycles. The summed E-state index contributed by atoms with van der Waals surface area (Å²) in [5.74, 6) is 1.77. The smallest absolute Gasteiger partial charge is 0.244 e. The first-order chi connectivity index (χ1) is 12.8. The van der Waals surface area contributed by atoms with E-state index in [-0.39, 0.29) is 5.91 Å². The Hall–Kier alpha value is -2.68. The fourth-order valence-corrected chi connectivity index (χ4v) is 3.25. The van der Waals surface area contributed by atoms with Gasteiger partial charge in [-0.2, -0.15) is 10.1 Å². The van der Waals surface area contributed by atoms with E-state index in [1.807, 2.05) is 29.4 Å². The monoisotopic (exact) mass is 357 g/mol. The summed E-state index contributed by atoms with van der Waals surface area (Å²) in [7, 11) is 0. The van der Waals surface area contributed by atoms with Gasteiger partial charge < -0.3 is 19.4 Å². The fourth-order valence-electron chi connectivity index (χ4n) is 3.25. The maximum atomic E-state index is 12.4. The number of morpholine rings is 1. The molecule has 1 amide bonds. The molecule has 4 heterocycles. The Balaban J connectivity index is 1.35. The number of carbonyl (C=O) groups excluding carboxylic acids is 1. The standard InChI is InChI=1S/C17H23N7O2/c25-16(14-24-5-1-3-19-24)22-8-6-21(7-9-22)15-2-4-18-17(20-15)23-10-12-26-13-11-23/h1-5H,6-14H2. The Morgan fingerprint density at radius 1 is 1.04 bits per heavy atom. The molecule has 0 saturated carbocycles. The predicted octanol–water partition coefficient (Wildman–Crippen LogP) is -0.141. The third-order valence-corrected chi connectivity index (χ3v) is 4.73. The van der Waals surface area contributed by atoms with Crippen LogP contribution < -0.4 is 9.80 Å². The van der Waals surface area contributed by atoms with E-state index >= 15 is 0 Å². The third-order valence-electron chi connectivity index (χ3n) is 4.73. The van der Waals surface area contributed by atoms with Gasteiger partial charge in [0, 0.05) is 57.9 Å². The summed E-state index contributed by atoms with van der Waals surface area (Å²) < 4.78 is 7.05. The molecule has 0 unspecified atom stereocenters. The van der Waals surface area contributed by atoms with Gasteiger partial charge in [-0.15, -0.1) is 0 Å². The lowest BCUT2D eigenvalue weighted by atomic mass is 10.3. The lowest BCUT2D eigenvalue weighted by molar-refractivity contribution is -0.132. The lowest BCUT2D eigenvalue weighted by Gasteiger charge is -2.36. The highest BCUT2D eigenvalue weighted by molar-refractivity contribution is 5.76. The summed E-state index contributed by atoms with van der Waals surface area (Å²) in [4.78, 5) is 27.7. The molecule has 0 N–H and O–H groups in total. The molecule has 0 spiro atoms. The van der Waals surface area contributed by atoms with Crippen LogP contribution in [-0.2, 0) is 16.1 Å². The van der Waals surface area contributed by atoms with E-state index in [2.05, 4.69) is 19.9 Å². The number of aromatic nitrogens is 4. The molecule has 9 heteroatoms. The summed E-state index contributed by atoms with van der Waals surface area (Å²) in [6.45, 7) is 6.28. The van der Waals surface area contributed by atoms with Crippen molar-refractivity contribution in [1.82, 2.24) is 24.6 Å². The number of hydrogen-bond acceptors (Lipinski definition) is 7. The molecule has 0 atom stereocenters. The van der Waals surface area contributed by atoms with Crippen LogP contribution in [0.15, 0.2) is 30.7 Å². The van der Waals surface area contributed by atoms with Gasteiger partial charge in [0.2, 0.25) is 11.9 Å². The predicted molar refractivity (Wildman–Crippen MR) is 96.1 cm³/mol. The molecule has 2 aromatic rings. The highest BCUT2D eigenvalue weighted by Gasteiger charge is 2.23. The van der Waals surface area contributed by atoms with E-state index in [1.165, 1.54) is 0 Å². The zero-order valence-corrected chi connectivity index (χ0v) is 14.7. The van der Waals surface area contributed by atoms with Crippen LogP contribution in [0.25, 0.3) is 0 Å². The van der Waals surface area contributed by atoms with Gasteiger partial charge in [0.15, 0.2) is 0 Å². The van der Waals surface area contributed by atoms with Crippen molar-refractivity contribution in [3.63, 3.8) is 0 Å². The van der Waals surface area contributed by atoms with Crippen LogP contribution in [0.5, 0.6) is 0 Å². The minimum atomic E-state index is 0.102. The van der Waals surface area contributed by atoms with E-state index < -0.39 is 0 Å². The quantitative estimate of drug-likeness (QED) is 0.753. The normalized spacial score (nSPS) is 18.2. The largest absolute Gasteiger partial charge is 0.378 e. The maximum Gasteiger partial charge on any atom is 0.244 e. The van der Waals surface area contributed by atoms with Crippen molar-refractivity contribution in [3.05, 3.63) is 30.7 Å². The van der Waals surface area contributed by atoms with Gasteiger partial charge in [-0.1, -0.05) is 0 Å². The SMILES string of the molecule is O=C(Cn1cccn1)N1CCN(c2ccnc(N3CCOCC3)n2)CC1. The van der Waals surface area contributed by atoms with Gasteiger partial charge in [0.25, 0.3) is 0 Å². The van der Waals surface area contributed by atoms with Crippen LogP contribution in [-0.4, -0.2) is 83.0 Å². The van der Waals surface area contributed by atoms with Crippen molar-refractivity contribution in [2.75, 3.05) is 62.3 Å². The van der Waals surface area contributed by atoms with E-state index in [1.54, 1.807) is 10.9 Å². The minimum absolute atomic E-state index is 0.102. The highest BCUT2D eigenvalue weighted by atomic mass is 16.5. The Morgan fingerprint density at radius 3 is 2.58 bits per heavy atom. The van der Waals surface area contributed by atoms with Crippen LogP contribution in [0.2, 0.25) is 0 Å². The zero-order chi connectivity index (χ0) is 17.8. The Kier molecular flexibility index (Phi) is 4.96. The molecule has 138 valence electrons. The first-order valence-electron chi connectivity index (χ1n) is 8.95. The second kappa shape index (κ2) is 7.69. The number of rotatable bonds is 4. The Labute approximate surface area is 152 Å². The van der Waals surface area contributed by atoms with Crippen molar-refractivity contribution in [2.45, 2.75) is 6.54 Å². The average Bonchev–Trinajstić information content (AvgIpc) is 3.22. The van der Waals surface area contributed by atoms with Crippen molar-refractivity contribution in [2.24, 2.45) is 0 Å². The highest BCUT2D eigenvalue weighted by Crippen LogP contribution is 2.17. The summed E-state index contributed by atoms with van der Waals surface area (Å²) in [5.41, 5.74) is 0. The number of hydrogen-bond donors (Lipinski definition) is 0. The van der Waals surface area contributed by atoms with Gasteiger partial charge in [0.1, 0.15) is 12.4 Å². The van der Waals surface area contributed by atoms with E-state index in [9.17, 15) is 4.79 Å². The average molecular weight is 357 g/mol. The molecule has 2 aromatic heterocycles. The second-order valence-corrected chi connectivity index (χ2v) is 6.39. The summed E-state index contributed by atoms with van der Waals surface area (Å²) in [6.07, 6.45) is 5.30. The molecule has 26 heavy (non-hydrogen) atoms. The van der Waals surface area contributed by atoms with Crippen LogP contribution in [0.3, 0.4) is 0 Å². The number of piperazine rings is 1. The Morgan fingerprint density at radius 2 is 1.85 bits per heavy atom. The van der Waals surface area contributed by atoms with Gasteiger partial charge in [-0.25, -0.2) is 4.98 Å². The third kappa shape index (κ3) is 3.77. The molecule has 0 bridgehead atoms. The van der Waals surface area contributed by atoms with E-state index in [4.69, 9.17) is 9.72 Å². The van der Waals surface area contributed by atoms with Crippen molar-refractivity contribution >= 4 is 17.7 Å². The molecule has 2 aliphatic rings. The van der Waals surface area contributed by atoms with E-state index in [0.29, 0.717) is 32.8 Å². The number of carbonyl (C=O) groups is 1. The van der Waals surface area contributed by atoms with Crippen LogP contribution in [0, 0.1) is 0 Å². The molecule has 2 saturated heterocycles. The molecular weight excluding hydrogens is 334 g/mol. The van der Waals surface area contributed by atoms with Crippen LogP contribution >= 0.6 is 0 Å². The Bertz CT molecular complexity index is 722. The van der Waals surface area contributed by atoms with Gasteiger partial charge in [-0.05, 0) is 12.1 Å². The number of nitrogens with zero attached hydrogens (tertiary/aromatic N) is 7. The van der Waals surface area contributed by atoms with Crippen LogP contribution in [0.4, 0.5) is 11.8 Å². The fraction of sp³-hybridized carbons (Fsp3) is 0.529. The van der Waals surface area contributed by atoms with Gasteiger partial charge in [0.05, 0.1) is 13.2 Å². The first-order valence-corrected chi connectivity index (χ1v) is 8.95. The van der Waals surface area contributed by atoms with Crippen LogP contribution in [0.1, 0.15) is 0 Å². The summed E-state index contributed by atoms with van der Waals surface area (Å²) in [5, 5.41) is 4.10. The topological polar surface area (TPSA) is 79.6 Å².